The molecule has 3 heteroatoms. The highest BCUT2D eigenvalue weighted by Crippen LogP contribution is 2.30. The highest BCUT2D eigenvalue weighted by atomic mass is 79.9. The molecule has 21 heavy (non-hydrogen) atoms. The van der Waals surface area contributed by atoms with Crippen LogP contribution in [-0.4, -0.2) is 13.2 Å². The lowest BCUT2D eigenvalue weighted by Crippen LogP contribution is -2.06. The van der Waals surface area contributed by atoms with Crippen LogP contribution >= 0.6 is 15.9 Å². The predicted octanol–water partition coefficient (Wildman–Crippen LogP) is 5.16. The number of ether oxygens (including phenoxy) is 2. The van der Waals surface area contributed by atoms with Crippen LogP contribution in [0.25, 0.3) is 0 Å². The lowest BCUT2D eigenvalue weighted by molar-refractivity contribution is 0.242. The van der Waals surface area contributed by atoms with Crippen LogP contribution in [0.15, 0.2) is 48.5 Å². The summed E-state index contributed by atoms with van der Waals surface area (Å²) >= 11 is 3.77. The van der Waals surface area contributed by atoms with Crippen molar-refractivity contribution in [2.45, 2.75) is 31.2 Å². The van der Waals surface area contributed by atoms with Gasteiger partial charge in [-0.2, -0.15) is 0 Å². The zero-order valence-corrected chi connectivity index (χ0v) is 14.3. The molecule has 1 unspecified atom stereocenters. The van der Waals surface area contributed by atoms with Crippen LogP contribution in [0.2, 0.25) is 0 Å². The molecule has 0 aliphatic heterocycles. The van der Waals surface area contributed by atoms with E-state index in [1.165, 1.54) is 11.1 Å². The maximum Gasteiger partial charge on any atom is 0.119 e. The van der Waals surface area contributed by atoms with Crippen LogP contribution in [0, 0.1) is 0 Å². The Kier molecular flexibility index (Phi) is 5.68. The second-order valence-corrected chi connectivity index (χ2v) is 6.37. The molecule has 0 saturated carbocycles. The van der Waals surface area contributed by atoms with Gasteiger partial charge in [0.1, 0.15) is 11.5 Å². The third-order valence-corrected chi connectivity index (χ3v) is 3.99. The van der Waals surface area contributed by atoms with E-state index in [0.717, 1.165) is 17.9 Å². The van der Waals surface area contributed by atoms with Crippen LogP contribution in [0.3, 0.4) is 0 Å². The van der Waals surface area contributed by atoms with Crippen molar-refractivity contribution in [3.63, 3.8) is 0 Å². The van der Waals surface area contributed by atoms with Crippen molar-refractivity contribution >= 4 is 15.9 Å². The molecule has 0 fully saturated rings. The monoisotopic (exact) mass is 348 g/mol. The molecule has 2 rings (SSSR count). The fourth-order valence-electron chi connectivity index (χ4n) is 2.18. The van der Waals surface area contributed by atoms with Gasteiger partial charge in [-0.1, -0.05) is 40.2 Å². The highest BCUT2D eigenvalue weighted by molar-refractivity contribution is 9.09. The molecular weight excluding hydrogens is 328 g/mol. The third-order valence-electron chi connectivity index (χ3n) is 3.14. The van der Waals surface area contributed by atoms with E-state index in [0.29, 0.717) is 0 Å². The topological polar surface area (TPSA) is 18.5 Å². The van der Waals surface area contributed by atoms with E-state index in [1.807, 2.05) is 38.1 Å². The summed E-state index contributed by atoms with van der Waals surface area (Å²) in [5.74, 6) is 1.81. The quantitative estimate of drug-likeness (QED) is 0.671. The number of rotatable bonds is 6. The number of hydrogen-bond donors (Lipinski definition) is 0. The predicted molar refractivity (Wildman–Crippen MR) is 90.6 cm³/mol. The summed E-state index contributed by atoms with van der Waals surface area (Å²) in [6, 6.07) is 16.4. The van der Waals surface area contributed by atoms with Crippen LogP contribution in [-0.2, 0) is 6.42 Å². The molecule has 1 atom stereocenters. The van der Waals surface area contributed by atoms with Gasteiger partial charge in [-0.15, -0.1) is 0 Å². The summed E-state index contributed by atoms with van der Waals surface area (Å²) in [5, 5.41) is 0. The van der Waals surface area contributed by atoms with Gasteiger partial charge in [-0.25, -0.2) is 0 Å². The standard InChI is InChI=1S/C18H21BrO2/c1-13(2)21-17-9-5-7-15(12-17)18(19)11-14-6-4-8-16(10-14)20-3/h4-10,12-13,18H,11H2,1-3H3. The molecule has 112 valence electrons. The van der Waals surface area contributed by atoms with E-state index >= 15 is 0 Å². The molecule has 0 saturated heterocycles. The molecule has 0 spiro atoms. The molecule has 0 amide bonds. The van der Waals surface area contributed by atoms with Crippen LogP contribution < -0.4 is 9.47 Å². The van der Waals surface area contributed by atoms with Crippen LogP contribution in [0.4, 0.5) is 0 Å². The maximum atomic E-state index is 5.75. The maximum absolute atomic E-state index is 5.75. The molecule has 0 N–H and O–H groups in total. The molecule has 2 aromatic carbocycles. The van der Waals surface area contributed by atoms with Gasteiger partial charge in [-0.05, 0) is 55.7 Å². The van der Waals surface area contributed by atoms with Gasteiger partial charge < -0.3 is 9.47 Å². The summed E-state index contributed by atoms with van der Waals surface area (Å²) in [4.78, 5) is 0.250. The van der Waals surface area contributed by atoms with E-state index in [1.54, 1.807) is 7.11 Å². The Bertz CT molecular complexity index is 581. The average Bonchev–Trinajstić information content (AvgIpc) is 2.47. The van der Waals surface area contributed by atoms with Crippen molar-refractivity contribution in [2.24, 2.45) is 0 Å². The summed E-state index contributed by atoms with van der Waals surface area (Å²) in [5.41, 5.74) is 2.46. The van der Waals surface area contributed by atoms with Crippen molar-refractivity contribution in [3.8, 4) is 11.5 Å². The number of halogens is 1. The van der Waals surface area contributed by atoms with E-state index in [2.05, 4.69) is 40.2 Å². The van der Waals surface area contributed by atoms with Crippen molar-refractivity contribution in [3.05, 3.63) is 59.7 Å². The lowest BCUT2D eigenvalue weighted by atomic mass is 10.0. The van der Waals surface area contributed by atoms with Gasteiger partial charge in [0, 0.05) is 4.83 Å². The summed E-state index contributed by atoms with van der Waals surface area (Å²) in [7, 11) is 1.69. The zero-order chi connectivity index (χ0) is 15.2. The van der Waals surface area contributed by atoms with Gasteiger partial charge in [0.2, 0.25) is 0 Å². The molecule has 0 aliphatic carbocycles. The SMILES string of the molecule is COc1cccc(CC(Br)c2cccc(OC(C)C)c2)c1. The fourth-order valence-corrected chi connectivity index (χ4v) is 2.84. The largest absolute Gasteiger partial charge is 0.497 e. The minimum Gasteiger partial charge on any atom is -0.497 e. The first-order valence-electron chi connectivity index (χ1n) is 7.12. The van der Waals surface area contributed by atoms with E-state index in [-0.39, 0.29) is 10.9 Å². The molecule has 0 heterocycles. The average molecular weight is 349 g/mol. The first-order chi connectivity index (χ1) is 10.1. The molecule has 2 aromatic rings. The minimum atomic E-state index is 0.187. The summed E-state index contributed by atoms with van der Waals surface area (Å²) in [6.07, 6.45) is 1.09. The molecule has 0 aromatic heterocycles. The Morgan fingerprint density at radius 3 is 2.43 bits per heavy atom. The molecule has 0 radical (unpaired) electrons. The molecule has 0 bridgehead atoms. The van der Waals surface area contributed by atoms with Gasteiger partial charge >= 0.3 is 0 Å². The third kappa shape index (κ3) is 4.78. The molecule has 2 nitrogen and oxygen atoms in total. The Hall–Kier alpha value is -1.48. The number of hydrogen-bond acceptors (Lipinski definition) is 2. The van der Waals surface area contributed by atoms with Crippen molar-refractivity contribution in [1.82, 2.24) is 0 Å². The Morgan fingerprint density at radius 1 is 1.00 bits per heavy atom. The first-order valence-corrected chi connectivity index (χ1v) is 8.03. The Morgan fingerprint density at radius 2 is 1.71 bits per heavy atom. The van der Waals surface area contributed by atoms with Crippen molar-refractivity contribution < 1.29 is 9.47 Å². The van der Waals surface area contributed by atoms with E-state index in [9.17, 15) is 0 Å². The Balaban J connectivity index is 2.10. The van der Waals surface area contributed by atoms with Crippen LogP contribution in [0.1, 0.15) is 29.8 Å². The second kappa shape index (κ2) is 7.51. The minimum absolute atomic E-state index is 0.187. The second-order valence-electron chi connectivity index (χ2n) is 5.26. The Labute approximate surface area is 135 Å². The first kappa shape index (κ1) is 15.9. The van der Waals surface area contributed by atoms with Gasteiger partial charge in [0.25, 0.3) is 0 Å². The van der Waals surface area contributed by atoms with Gasteiger partial charge in [0.15, 0.2) is 0 Å². The fraction of sp³-hybridized carbons (Fsp3) is 0.333. The number of benzene rings is 2. The summed E-state index contributed by atoms with van der Waals surface area (Å²) < 4.78 is 11.0. The molecule has 0 aliphatic rings. The number of alkyl halides is 1. The van der Waals surface area contributed by atoms with Crippen molar-refractivity contribution in [1.29, 1.82) is 0 Å². The van der Waals surface area contributed by atoms with Crippen molar-refractivity contribution in [2.75, 3.05) is 7.11 Å². The van der Waals surface area contributed by atoms with Gasteiger partial charge in [0.05, 0.1) is 13.2 Å². The highest BCUT2D eigenvalue weighted by Gasteiger charge is 2.10. The van der Waals surface area contributed by atoms with E-state index < -0.39 is 0 Å². The zero-order valence-electron chi connectivity index (χ0n) is 12.7. The summed E-state index contributed by atoms with van der Waals surface area (Å²) in [6.45, 7) is 4.07. The van der Waals surface area contributed by atoms with Gasteiger partial charge in [-0.3, -0.25) is 0 Å². The lowest BCUT2D eigenvalue weighted by Gasteiger charge is -2.14. The van der Waals surface area contributed by atoms with E-state index in [4.69, 9.17) is 9.47 Å². The normalized spacial score (nSPS) is 12.2. The molecular formula is C18H21BrO2. The number of methoxy groups -OCH3 is 1. The van der Waals surface area contributed by atoms with Crippen LogP contribution in [0.5, 0.6) is 11.5 Å². The smallest absolute Gasteiger partial charge is 0.119 e.